The number of hydrogen-bond donors (Lipinski definition) is 1. The average Bonchev–Trinajstić information content (AvgIpc) is 2.83. The fraction of sp³-hybridized carbons (Fsp3) is 0.480. The zero-order valence-corrected chi connectivity index (χ0v) is 21.8. The molecule has 1 aliphatic carbocycles. The number of amides is 2. The number of nitrogens with two attached hydrogens (primary N) is 1. The number of rotatable bonds is 5. The van der Waals surface area contributed by atoms with Gasteiger partial charge in [0.15, 0.2) is 0 Å². The minimum Gasteiger partial charge on any atom is -0.449 e. The SMILES string of the molecule is C#CCC1CCc2c(nc3cc(C(=O)N4CCN(C(=O)OCCCI)[C@H](N)C4)ccc3c2Cl)C1. The number of carbonyl (C=O) groups excluding carboxylic acids is 2. The predicted octanol–water partition coefficient (Wildman–Crippen LogP) is 4.02. The summed E-state index contributed by atoms with van der Waals surface area (Å²) in [5.74, 6) is 3.02. The van der Waals surface area contributed by atoms with Gasteiger partial charge in [0, 0.05) is 40.6 Å². The van der Waals surface area contributed by atoms with Gasteiger partial charge in [-0.25, -0.2) is 4.79 Å². The highest BCUT2D eigenvalue weighted by atomic mass is 127. The summed E-state index contributed by atoms with van der Waals surface area (Å²) in [4.78, 5) is 33.5. The first kappa shape index (κ1) is 25.0. The molecule has 1 aromatic carbocycles. The lowest BCUT2D eigenvalue weighted by Crippen LogP contribution is -2.60. The summed E-state index contributed by atoms with van der Waals surface area (Å²) < 4.78 is 6.18. The van der Waals surface area contributed by atoms with Crippen LogP contribution < -0.4 is 5.73 Å². The third-order valence-corrected chi connectivity index (χ3v) is 7.68. The van der Waals surface area contributed by atoms with Crippen molar-refractivity contribution in [2.45, 2.75) is 38.3 Å². The standard InChI is InChI=1S/C25H28ClIN4O3/c1-2-4-16-5-7-18-20(13-16)29-21-14-17(6-8-19(21)23(18)26)24(32)30-10-11-31(22(28)15-30)25(33)34-12-3-9-27/h1,6,8,14,16,22H,3-5,7,9-13,15,28H2/t16?,22-/m0/s1. The molecule has 1 fully saturated rings. The Kier molecular flexibility index (Phi) is 8.17. The van der Waals surface area contributed by atoms with E-state index >= 15 is 0 Å². The van der Waals surface area contributed by atoms with Crippen LogP contribution in [-0.2, 0) is 17.6 Å². The van der Waals surface area contributed by atoms with Crippen molar-refractivity contribution in [3.05, 3.63) is 40.0 Å². The van der Waals surface area contributed by atoms with Crippen molar-refractivity contribution in [1.29, 1.82) is 0 Å². The van der Waals surface area contributed by atoms with Gasteiger partial charge in [-0.1, -0.05) is 40.3 Å². The summed E-state index contributed by atoms with van der Waals surface area (Å²) in [6, 6.07) is 5.45. The normalized spacial score (nSPS) is 20.1. The van der Waals surface area contributed by atoms with E-state index in [2.05, 4.69) is 28.5 Å². The van der Waals surface area contributed by atoms with Crippen LogP contribution in [0.5, 0.6) is 0 Å². The molecule has 2 atom stereocenters. The largest absolute Gasteiger partial charge is 0.449 e. The van der Waals surface area contributed by atoms with E-state index in [1.807, 2.05) is 6.07 Å². The summed E-state index contributed by atoms with van der Waals surface area (Å²) in [5, 5.41) is 1.57. The Labute approximate surface area is 218 Å². The summed E-state index contributed by atoms with van der Waals surface area (Å²) in [6.07, 6.45) is 8.68. The van der Waals surface area contributed by atoms with Crippen LogP contribution in [0.1, 0.15) is 40.9 Å². The van der Waals surface area contributed by atoms with Crippen LogP contribution in [0.4, 0.5) is 4.79 Å². The van der Waals surface area contributed by atoms with Crippen LogP contribution in [0.15, 0.2) is 18.2 Å². The molecule has 2 heterocycles. The van der Waals surface area contributed by atoms with Crippen LogP contribution >= 0.6 is 34.2 Å². The molecule has 2 amide bonds. The Morgan fingerprint density at radius 3 is 2.91 bits per heavy atom. The molecule has 7 nitrogen and oxygen atoms in total. The highest BCUT2D eigenvalue weighted by molar-refractivity contribution is 14.1. The molecule has 2 aromatic rings. The van der Waals surface area contributed by atoms with Crippen molar-refractivity contribution >= 4 is 57.1 Å². The molecule has 0 spiro atoms. The highest BCUT2D eigenvalue weighted by Gasteiger charge is 2.32. The molecule has 1 saturated heterocycles. The fourth-order valence-electron chi connectivity index (χ4n) is 4.63. The van der Waals surface area contributed by atoms with Crippen molar-refractivity contribution in [3.8, 4) is 12.3 Å². The summed E-state index contributed by atoms with van der Waals surface area (Å²) in [6.45, 7) is 1.33. The molecule has 0 saturated carbocycles. The van der Waals surface area contributed by atoms with E-state index in [-0.39, 0.29) is 12.5 Å². The Hall–Kier alpha value is -2.09. The molecule has 180 valence electrons. The van der Waals surface area contributed by atoms with Crippen molar-refractivity contribution in [2.24, 2.45) is 11.7 Å². The summed E-state index contributed by atoms with van der Waals surface area (Å²) in [7, 11) is 0. The van der Waals surface area contributed by atoms with Gasteiger partial charge in [0.1, 0.15) is 6.17 Å². The van der Waals surface area contributed by atoms with Gasteiger partial charge in [-0.2, -0.15) is 0 Å². The lowest BCUT2D eigenvalue weighted by molar-refractivity contribution is 0.0391. The Morgan fingerprint density at radius 2 is 2.18 bits per heavy atom. The van der Waals surface area contributed by atoms with Crippen LogP contribution in [0.2, 0.25) is 5.02 Å². The van der Waals surface area contributed by atoms with Crippen LogP contribution in [-0.4, -0.2) is 63.6 Å². The highest BCUT2D eigenvalue weighted by Crippen LogP contribution is 2.35. The monoisotopic (exact) mass is 594 g/mol. The fourth-order valence-corrected chi connectivity index (χ4v) is 5.31. The Bertz CT molecular complexity index is 1140. The quantitative estimate of drug-likeness (QED) is 0.245. The maximum atomic E-state index is 13.2. The molecular formula is C25H28ClIN4O3. The van der Waals surface area contributed by atoms with Gasteiger partial charge in [0.05, 0.1) is 23.7 Å². The lowest BCUT2D eigenvalue weighted by atomic mass is 9.84. The predicted molar refractivity (Wildman–Crippen MR) is 141 cm³/mol. The first-order valence-corrected chi connectivity index (χ1v) is 13.4. The molecule has 2 N–H and O–H groups in total. The Balaban J connectivity index is 1.49. The lowest BCUT2D eigenvalue weighted by Gasteiger charge is -2.38. The van der Waals surface area contributed by atoms with E-state index in [0.717, 1.165) is 58.2 Å². The maximum absolute atomic E-state index is 13.2. The molecule has 1 aliphatic heterocycles. The minimum absolute atomic E-state index is 0.142. The molecular weight excluding hydrogens is 567 g/mol. The number of piperazine rings is 1. The third-order valence-electron chi connectivity index (χ3n) is 6.48. The molecule has 1 unspecified atom stereocenters. The number of alkyl halides is 1. The number of halogens is 2. The molecule has 9 heteroatoms. The second-order valence-electron chi connectivity index (χ2n) is 8.77. The number of ether oxygens (including phenoxy) is 1. The van der Waals surface area contributed by atoms with E-state index in [1.54, 1.807) is 17.0 Å². The van der Waals surface area contributed by atoms with Crippen molar-refractivity contribution in [2.75, 3.05) is 30.7 Å². The maximum Gasteiger partial charge on any atom is 0.411 e. The van der Waals surface area contributed by atoms with Crippen molar-refractivity contribution in [1.82, 2.24) is 14.8 Å². The van der Waals surface area contributed by atoms with Crippen molar-refractivity contribution in [3.63, 3.8) is 0 Å². The van der Waals surface area contributed by atoms with Crippen LogP contribution in [0.3, 0.4) is 0 Å². The van der Waals surface area contributed by atoms with Gasteiger partial charge in [-0.3, -0.25) is 14.7 Å². The van der Waals surface area contributed by atoms with Crippen LogP contribution in [0.25, 0.3) is 10.9 Å². The number of carbonyl (C=O) groups is 2. The zero-order chi connectivity index (χ0) is 24.2. The molecule has 0 radical (unpaired) electrons. The van der Waals surface area contributed by atoms with E-state index < -0.39 is 12.3 Å². The summed E-state index contributed by atoms with van der Waals surface area (Å²) in [5.41, 5.74) is 9.50. The van der Waals surface area contributed by atoms with Gasteiger partial charge in [-0.15, -0.1) is 12.3 Å². The first-order valence-electron chi connectivity index (χ1n) is 11.5. The second kappa shape index (κ2) is 11.1. The van der Waals surface area contributed by atoms with Gasteiger partial charge < -0.3 is 15.4 Å². The Morgan fingerprint density at radius 1 is 1.35 bits per heavy atom. The van der Waals surface area contributed by atoms with Gasteiger partial charge in [-0.05, 0) is 49.3 Å². The number of nitrogens with zero attached hydrogens (tertiary/aromatic N) is 3. The number of pyridine rings is 1. The van der Waals surface area contributed by atoms with Gasteiger partial charge >= 0.3 is 6.09 Å². The number of fused-ring (bicyclic) bond motifs is 2. The molecule has 4 rings (SSSR count). The minimum atomic E-state index is -0.613. The van der Waals surface area contributed by atoms with Gasteiger partial charge in [0.25, 0.3) is 5.91 Å². The number of hydrogen-bond acceptors (Lipinski definition) is 5. The van der Waals surface area contributed by atoms with E-state index in [4.69, 9.17) is 33.5 Å². The molecule has 2 aliphatic rings. The second-order valence-corrected chi connectivity index (χ2v) is 10.2. The van der Waals surface area contributed by atoms with E-state index in [1.165, 1.54) is 4.90 Å². The van der Waals surface area contributed by atoms with E-state index in [0.29, 0.717) is 36.7 Å². The molecule has 0 bridgehead atoms. The number of aromatic nitrogens is 1. The number of benzene rings is 1. The summed E-state index contributed by atoms with van der Waals surface area (Å²) >= 11 is 8.97. The first-order chi connectivity index (χ1) is 16.4. The zero-order valence-electron chi connectivity index (χ0n) is 18.9. The number of terminal acetylenes is 1. The molecule has 34 heavy (non-hydrogen) atoms. The van der Waals surface area contributed by atoms with Crippen molar-refractivity contribution < 1.29 is 14.3 Å². The van der Waals surface area contributed by atoms with Crippen LogP contribution in [0, 0.1) is 18.3 Å². The average molecular weight is 595 g/mol. The smallest absolute Gasteiger partial charge is 0.411 e. The molecule has 1 aromatic heterocycles. The third kappa shape index (κ3) is 5.26. The van der Waals surface area contributed by atoms with Gasteiger partial charge in [0.2, 0.25) is 0 Å². The van der Waals surface area contributed by atoms with E-state index in [9.17, 15) is 9.59 Å². The topological polar surface area (TPSA) is 88.8 Å².